The summed E-state index contributed by atoms with van der Waals surface area (Å²) < 4.78 is 0. The number of carbonyl (C=O) groups excluding carboxylic acids is 1. The van der Waals surface area contributed by atoms with Gasteiger partial charge in [0.25, 0.3) is 0 Å². The van der Waals surface area contributed by atoms with Gasteiger partial charge >= 0.3 is 0 Å². The summed E-state index contributed by atoms with van der Waals surface area (Å²) in [6.45, 7) is 2.73. The molecule has 0 bridgehead atoms. The van der Waals surface area contributed by atoms with Crippen LogP contribution in [0.4, 0.5) is 0 Å². The van der Waals surface area contributed by atoms with E-state index in [1.807, 2.05) is 25.2 Å². The zero-order valence-electron chi connectivity index (χ0n) is 10.3. The van der Waals surface area contributed by atoms with Gasteiger partial charge in [-0.15, -0.1) is 6.42 Å². The molecule has 0 spiro atoms. The van der Waals surface area contributed by atoms with Crippen LogP contribution < -0.4 is 5.73 Å². The predicted octanol–water partition coefficient (Wildman–Crippen LogP) is 1.28. The van der Waals surface area contributed by atoms with Gasteiger partial charge in [0, 0.05) is 11.6 Å². The third-order valence-electron chi connectivity index (χ3n) is 2.84. The van der Waals surface area contributed by atoms with Gasteiger partial charge < -0.3 is 5.73 Å². The van der Waals surface area contributed by atoms with Crippen LogP contribution in [-0.4, -0.2) is 30.4 Å². The fourth-order valence-corrected chi connectivity index (χ4v) is 1.65. The Hall–Kier alpha value is -1.79. The first kappa shape index (κ1) is 13.3. The molecule has 0 fully saturated rings. The Kier molecular flexibility index (Phi) is 4.74. The molecule has 0 radical (unpaired) electrons. The largest absolute Gasteiger partial charge is 0.366 e. The molecule has 3 nitrogen and oxygen atoms in total. The lowest BCUT2D eigenvalue weighted by atomic mass is 10.0. The van der Waals surface area contributed by atoms with E-state index < -0.39 is 5.91 Å². The van der Waals surface area contributed by atoms with Gasteiger partial charge in [-0.1, -0.05) is 18.1 Å². The highest BCUT2D eigenvalue weighted by atomic mass is 16.1. The Morgan fingerprint density at radius 3 is 2.88 bits per heavy atom. The van der Waals surface area contributed by atoms with Gasteiger partial charge in [-0.2, -0.15) is 0 Å². The van der Waals surface area contributed by atoms with Crippen molar-refractivity contribution in [3.63, 3.8) is 0 Å². The number of nitrogens with zero attached hydrogens (tertiary/aromatic N) is 1. The Balaban J connectivity index is 2.72. The van der Waals surface area contributed by atoms with Crippen LogP contribution in [0.5, 0.6) is 0 Å². The molecule has 1 aromatic rings. The SMILES string of the molecule is C#CCN(C)[C@H](C)Cc1cccc(C(N)=O)c1. The summed E-state index contributed by atoms with van der Waals surface area (Å²) in [5.41, 5.74) is 6.89. The van der Waals surface area contributed by atoms with Crippen molar-refractivity contribution >= 4 is 5.91 Å². The number of carbonyl (C=O) groups is 1. The number of benzene rings is 1. The molecule has 0 aliphatic rings. The molecular weight excluding hydrogens is 212 g/mol. The van der Waals surface area contributed by atoms with Gasteiger partial charge in [0.2, 0.25) is 5.91 Å². The summed E-state index contributed by atoms with van der Waals surface area (Å²) in [6.07, 6.45) is 6.12. The minimum absolute atomic E-state index is 0.328. The molecule has 1 aromatic carbocycles. The van der Waals surface area contributed by atoms with Gasteiger partial charge in [-0.05, 0) is 38.1 Å². The fourth-order valence-electron chi connectivity index (χ4n) is 1.65. The maximum absolute atomic E-state index is 11.1. The molecule has 0 saturated carbocycles. The van der Waals surface area contributed by atoms with Crippen LogP contribution in [0.1, 0.15) is 22.8 Å². The molecule has 0 aliphatic carbocycles. The van der Waals surface area contributed by atoms with Crippen LogP contribution in [0, 0.1) is 12.3 Å². The van der Waals surface area contributed by atoms with Gasteiger partial charge in [-0.25, -0.2) is 0 Å². The Labute approximate surface area is 103 Å². The average molecular weight is 230 g/mol. The lowest BCUT2D eigenvalue weighted by molar-refractivity contribution is 0.1000. The highest BCUT2D eigenvalue weighted by Gasteiger charge is 2.09. The van der Waals surface area contributed by atoms with Crippen LogP contribution >= 0.6 is 0 Å². The number of hydrogen-bond acceptors (Lipinski definition) is 2. The van der Waals surface area contributed by atoms with E-state index in [9.17, 15) is 4.79 Å². The van der Waals surface area contributed by atoms with Crippen LogP contribution in [-0.2, 0) is 6.42 Å². The minimum Gasteiger partial charge on any atom is -0.366 e. The third-order valence-corrected chi connectivity index (χ3v) is 2.84. The lowest BCUT2D eigenvalue weighted by Gasteiger charge is -2.22. The first-order valence-electron chi connectivity index (χ1n) is 5.57. The summed E-state index contributed by atoms with van der Waals surface area (Å²) in [5.74, 6) is 2.22. The van der Waals surface area contributed by atoms with Crippen LogP contribution in [0.25, 0.3) is 0 Å². The molecule has 0 aliphatic heterocycles. The maximum Gasteiger partial charge on any atom is 0.248 e. The zero-order chi connectivity index (χ0) is 12.8. The van der Waals surface area contributed by atoms with Crippen molar-refractivity contribution in [2.45, 2.75) is 19.4 Å². The minimum atomic E-state index is -0.392. The van der Waals surface area contributed by atoms with Gasteiger partial charge in [0.15, 0.2) is 0 Å². The van der Waals surface area contributed by atoms with Crippen LogP contribution in [0.15, 0.2) is 24.3 Å². The molecule has 0 aromatic heterocycles. The zero-order valence-corrected chi connectivity index (χ0v) is 10.3. The van der Waals surface area contributed by atoms with Gasteiger partial charge in [0.1, 0.15) is 0 Å². The van der Waals surface area contributed by atoms with Crippen molar-refractivity contribution in [1.82, 2.24) is 4.90 Å². The second-order valence-electron chi connectivity index (χ2n) is 4.24. The molecule has 0 heterocycles. The number of terminal acetylenes is 1. The monoisotopic (exact) mass is 230 g/mol. The first-order chi connectivity index (χ1) is 8.04. The van der Waals surface area contributed by atoms with Crippen molar-refractivity contribution in [3.05, 3.63) is 35.4 Å². The van der Waals surface area contributed by atoms with Crippen molar-refractivity contribution in [1.29, 1.82) is 0 Å². The molecular formula is C14H18N2O. The molecule has 1 rings (SSSR count). The number of amides is 1. The van der Waals surface area contributed by atoms with Crippen molar-refractivity contribution < 1.29 is 4.79 Å². The topological polar surface area (TPSA) is 46.3 Å². The van der Waals surface area contributed by atoms with Gasteiger partial charge in [0.05, 0.1) is 6.54 Å². The molecule has 3 heteroatoms. The standard InChI is InChI=1S/C14H18N2O/c1-4-8-16(3)11(2)9-12-6-5-7-13(10-12)14(15)17/h1,5-7,10-11H,8-9H2,2-3H3,(H2,15,17)/t11-/m1/s1. The summed E-state index contributed by atoms with van der Waals surface area (Å²) in [5, 5.41) is 0. The lowest BCUT2D eigenvalue weighted by Crippen LogP contribution is -2.31. The Bertz CT molecular complexity index is 434. The molecule has 90 valence electrons. The van der Waals surface area contributed by atoms with E-state index in [-0.39, 0.29) is 0 Å². The maximum atomic E-state index is 11.1. The van der Waals surface area contributed by atoms with E-state index in [2.05, 4.69) is 17.7 Å². The van der Waals surface area contributed by atoms with Crippen molar-refractivity contribution in [2.75, 3.05) is 13.6 Å². The van der Waals surface area contributed by atoms with Crippen LogP contribution in [0.3, 0.4) is 0 Å². The molecule has 2 N–H and O–H groups in total. The van der Waals surface area contributed by atoms with E-state index >= 15 is 0 Å². The van der Waals surface area contributed by atoms with E-state index in [1.54, 1.807) is 6.07 Å². The molecule has 17 heavy (non-hydrogen) atoms. The Morgan fingerprint density at radius 2 is 2.29 bits per heavy atom. The number of nitrogens with two attached hydrogens (primary N) is 1. The highest BCUT2D eigenvalue weighted by Crippen LogP contribution is 2.10. The Morgan fingerprint density at radius 1 is 1.59 bits per heavy atom. The third kappa shape index (κ3) is 3.93. The van der Waals surface area contributed by atoms with Crippen molar-refractivity contribution in [2.24, 2.45) is 5.73 Å². The van der Waals surface area contributed by atoms with Crippen molar-refractivity contribution in [3.8, 4) is 12.3 Å². The fraction of sp³-hybridized carbons (Fsp3) is 0.357. The van der Waals surface area contributed by atoms with E-state index in [0.29, 0.717) is 18.2 Å². The summed E-state index contributed by atoms with van der Waals surface area (Å²) in [7, 11) is 1.99. The number of primary amides is 1. The molecule has 0 unspecified atom stereocenters. The molecule has 1 amide bonds. The second-order valence-corrected chi connectivity index (χ2v) is 4.24. The smallest absolute Gasteiger partial charge is 0.248 e. The molecule has 1 atom stereocenters. The summed E-state index contributed by atoms with van der Waals surface area (Å²) in [4.78, 5) is 13.2. The number of likely N-dealkylation sites (N-methyl/N-ethyl adjacent to an activating group) is 1. The normalized spacial score (nSPS) is 12.1. The average Bonchev–Trinajstić information content (AvgIpc) is 2.29. The van der Waals surface area contributed by atoms with Crippen LogP contribution in [0.2, 0.25) is 0 Å². The second kappa shape index (κ2) is 6.07. The molecule has 0 saturated heterocycles. The highest BCUT2D eigenvalue weighted by molar-refractivity contribution is 5.92. The first-order valence-corrected chi connectivity index (χ1v) is 5.57. The van der Waals surface area contributed by atoms with Gasteiger partial charge in [-0.3, -0.25) is 9.69 Å². The number of hydrogen-bond donors (Lipinski definition) is 1. The predicted molar refractivity (Wildman–Crippen MR) is 69.6 cm³/mol. The van der Waals surface area contributed by atoms with E-state index in [0.717, 1.165) is 12.0 Å². The quantitative estimate of drug-likeness (QED) is 0.775. The number of rotatable bonds is 5. The van der Waals surface area contributed by atoms with E-state index in [4.69, 9.17) is 12.2 Å². The van der Waals surface area contributed by atoms with E-state index in [1.165, 1.54) is 0 Å². The summed E-state index contributed by atoms with van der Waals surface area (Å²) in [6, 6.07) is 7.73. The summed E-state index contributed by atoms with van der Waals surface area (Å²) >= 11 is 0.